The van der Waals surface area contributed by atoms with Crippen molar-refractivity contribution in [1.29, 1.82) is 0 Å². The van der Waals surface area contributed by atoms with Gasteiger partial charge in [-0.25, -0.2) is 20.0 Å². The van der Waals surface area contributed by atoms with E-state index in [1.165, 1.54) is 44.9 Å². The number of nitrogens with zero attached hydrogens (tertiary/aromatic N) is 4. The first-order valence-electron chi connectivity index (χ1n) is 13.1. The third-order valence-corrected chi connectivity index (χ3v) is 9.70. The molecule has 0 N–H and O–H groups in total. The van der Waals surface area contributed by atoms with E-state index >= 15 is 0 Å². The molecule has 9 atom stereocenters. The molecule has 0 bridgehead atoms. The first-order valence-corrected chi connectivity index (χ1v) is 13.1. The minimum absolute atomic E-state index is 0.0725. The third-order valence-electron chi connectivity index (χ3n) is 9.70. The van der Waals surface area contributed by atoms with Crippen LogP contribution in [0.1, 0.15) is 78.1 Å². The van der Waals surface area contributed by atoms with E-state index in [9.17, 15) is 0 Å². The summed E-state index contributed by atoms with van der Waals surface area (Å²) in [4.78, 5) is 18.7. The summed E-state index contributed by atoms with van der Waals surface area (Å²) in [5, 5.41) is 0. The molecule has 0 heterocycles. The Kier molecular flexibility index (Phi) is 4.89. The Bertz CT molecular complexity index is 891. The average molecular weight is 419 g/mol. The van der Waals surface area contributed by atoms with Crippen molar-refractivity contribution in [3.8, 4) is 0 Å². The van der Waals surface area contributed by atoms with Crippen LogP contribution in [0, 0.1) is 41.4 Å². The summed E-state index contributed by atoms with van der Waals surface area (Å²) in [6.07, 6.45) is 15.2. The summed E-state index contributed by atoms with van der Waals surface area (Å²) in [6, 6.07) is 6.17. The Morgan fingerprint density at radius 1 is 0.839 bits per heavy atom. The van der Waals surface area contributed by atoms with E-state index in [1.54, 1.807) is 5.57 Å². The maximum atomic E-state index is 4.89. The normalized spacial score (nSPS) is 47.3. The fraction of sp³-hybridized carbons (Fsp3) is 0.852. The van der Waals surface area contributed by atoms with Crippen LogP contribution in [0.5, 0.6) is 0 Å². The average Bonchev–Trinajstić information content (AvgIpc) is 2.65. The zero-order chi connectivity index (χ0) is 21.1. The van der Waals surface area contributed by atoms with Gasteiger partial charge in [0.2, 0.25) is 0 Å². The van der Waals surface area contributed by atoms with E-state index in [0.29, 0.717) is 0 Å². The number of unbranched alkanes of at least 4 members (excludes halogenated alkanes) is 2. The van der Waals surface area contributed by atoms with Gasteiger partial charge in [0.25, 0.3) is 0 Å². The lowest BCUT2D eigenvalue weighted by Crippen LogP contribution is -2.66. The molecule has 0 aromatic carbocycles. The maximum absolute atomic E-state index is 4.89. The quantitative estimate of drug-likeness (QED) is 0.261. The molecule has 9 unspecified atom stereocenters. The van der Waals surface area contributed by atoms with Gasteiger partial charge in [0.05, 0.1) is 23.1 Å². The van der Waals surface area contributed by atoms with Crippen LogP contribution in [-0.4, -0.2) is 36.2 Å². The summed E-state index contributed by atoms with van der Waals surface area (Å²) in [6.45, 7) is 6.47. The van der Waals surface area contributed by atoms with Gasteiger partial charge in [-0.15, -0.1) is 0 Å². The van der Waals surface area contributed by atoms with Crippen LogP contribution in [0.3, 0.4) is 0 Å². The molecule has 0 amide bonds. The van der Waals surface area contributed by atoms with E-state index in [4.69, 9.17) is 9.98 Å². The number of hydrogen-bond acceptors (Lipinski definition) is 4. The SMILES string of the molecule is CC1CC2CC3=CC(N=C=NCCCCCN=C=NC45CC(C)CC6CC(C4)C65)(C1)C32. The second kappa shape index (κ2) is 7.53. The molecule has 6 rings (SSSR count). The molecule has 4 nitrogen and oxygen atoms in total. The highest BCUT2D eigenvalue weighted by atomic mass is 15.0. The van der Waals surface area contributed by atoms with Crippen LogP contribution in [-0.2, 0) is 0 Å². The van der Waals surface area contributed by atoms with E-state index in [0.717, 1.165) is 73.8 Å². The minimum Gasteiger partial charge on any atom is -0.226 e. The second-order valence-electron chi connectivity index (χ2n) is 12.1. The minimum atomic E-state index is 0.0725. The first kappa shape index (κ1) is 20.1. The molecule has 0 aromatic heterocycles. The fourth-order valence-electron chi connectivity index (χ4n) is 8.74. The monoisotopic (exact) mass is 418 g/mol. The Morgan fingerprint density at radius 3 is 2.35 bits per heavy atom. The smallest absolute Gasteiger partial charge is 0.0970 e. The van der Waals surface area contributed by atoms with Crippen molar-refractivity contribution in [3.05, 3.63) is 11.6 Å². The molecule has 0 radical (unpaired) electrons. The Hall–Kier alpha value is -1.50. The Balaban J connectivity index is 0.910. The molecule has 4 heteroatoms. The highest BCUT2D eigenvalue weighted by Gasteiger charge is 2.65. The number of hydrogen-bond donors (Lipinski definition) is 0. The zero-order valence-electron chi connectivity index (χ0n) is 19.4. The first-order chi connectivity index (χ1) is 15.1. The van der Waals surface area contributed by atoms with Crippen LogP contribution < -0.4 is 0 Å². The summed E-state index contributed by atoms with van der Waals surface area (Å²) >= 11 is 0. The van der Waals surface area contributed by atoms with Crippen LogP contribution >= 0.6 is 0 Å². The highest BCUT2D eigenvalue weighted by Crippen LogP contribution is 2.68. The van der Waals surface area contributed by atoms with Crippen LogP contribution in [0.25, 0.3) is 0 Å². The fourth-order valence-corrected chi connectivity index (χ4v) is 8.74. The molecule has 31 heavy (non-hydrogen) atoms. The molecule has 0 aliphatic heterocycles. The molecule has 6 aliphatic rings. The maximum Gasteiger partial charge on any atom is 0.0970 e. The van der Waals surface area contributed by atoms with Crippen LogP contribution in [0.2, 0.25) is 0 Å². The van der Waals surface area contributed by atoms with E-state index < -0.39 is 0 Å². The van der Waals surface area contributed by atoms with E-state index in [-0.39, 0.29) is 11.1 Å². The second-order valence-corrected chi connectivity index (χ2v) is 12.1. The molecule has 5 fully saturated rings. The molecule has 0 spiro atoms. The molecular formula is C27H38N4. The van der Waals surface area contributed by atoms with Crippen LogP contribution in [0.15, 0.2) is 31.6 Å². The van der Waals surface area contributed by atoms with Gasteiger partial charge in [-0.1, -0.05) is 25.5 Å². The van der Waals surface area contributed by atoms with Crippen molar-refractivity contribution in [3.63, 3.8) is 0 Å². The van der Waals surface area contributed by atoms with Crippen molar-refractivity contribution < 1.29 is 0 Å². The van der Waals surface area contributed by atoms with Crippen molar-refractivity contribution in [2.24, 2.45) is 61.4 Å². The summed E-state index contributed by atoms with van der Waals surface area (Å²) in [7, 11) is 0. The summed E-state index contributed by atoms with van der Waals surface area (Å²) in [5.41, 5.74) is 1.96. The van der Waals surface area contributed by atoms with Gasteiger partial charge in [-0.05, 0) is 99.7 Å². The standard InChI is InChI=1S/C27H38N4/c1-18-8-20-10-22-14-26(12-18,24(20)22)30-16-28-6-4-3-5-7-29-17-31-27-13-19(2)9-21-11-23(15-27)25(21)27/h14,18-21,23-25H,3-13,15H2,1-2H3. The lowest BCUT2D eigenvalue weighted by Gasteiger charge is -2.67. The Labute approximate surface area is 187 Å². The molecule has 166 valence electrons. The van der Waals surface area contributed by atoms with Gasteiger partial charge < -0.3 is 0 Å². The molecule has 6 aliphatic carbocycles. The van der Waals surface area contributed by atoms with E-state index in [1.807, 2.05) is 0 Å². The van der Waals surface area contributed by atoms with Crippen molar-refractivity contribution >= 4 is 12.0 Å². The van der Waals surface area contributed by atoms with Crippen molar-refractivity contribution in [2.75, 3.05) is 13.1 Å². The highest BCUT2D eigenvalue weighted by molar-refractivity contribution is 5.50. The van der Waals surface area contributed by atoms with Gasteiger partial charge in [0.1, 0.15) is 0 Å². The predicted molar refractivity (Wildman–Crippen MR) is 125 cm³/mol. The van der Waals surface area contributed by atoms with Crippen LogP contribution in [0.4, 0.5) is 0 Å². The zero-order valence-corrected chi connectivity index (χ0v) is 19.4. The lowest BCUT2D eigenvalue weighted by molar-refractivity contribution is -0.150. The summed E-state index contributed by atoms with van der Waals surface area (Å²) in [5.74, 6) is 6.05. The number of rotatable bonds is 8. The topological polar surface area (TPSA) is 49.4 Å². The van der Waals surface area contributed by atoms with Gasteiger partial charge in [0, 0.05) is 19.0 Å². The van der Waals surface area contributed by atoms with Gasteiger partial charge >= 0.3 is 0 Å². The van der Waals surface area contributed by atoms with Crippen molar-refractivity contribution in [1.82, 2.24) is 0 Å². The lowest BCUT2D eigenvalue weighted by atomic mass is 9.39. The largest absolute Gasteiger partial charge is 0.226 e. The van der Waals surface area contributed by atoms with Gasteiger partial charge in [-0.2, -0.15) is 0 Å². The van der Waals surface area contributed by atoms with Gasteiger partial charge in [0.15, 0.2) is 0 Å². The van der Waals surface area contributed by atoms with Crippen molar-refractivity contribution in [2.45, 2.75) is 89.1 Å². The molecule has 0 aromatic rings. The Morgan fingerprint density at radius 2 is 1.58 bits per heavy atom. The molecule has 5 saturated carbocycles. The van der Waals surface area contributed by atoms with Gasteiger partial charge in [-0.3, -0.25) is 0 Å². The number of aliphatic imine (C=N–C) groups is 4. The third kappa shape index (κ3) is 3.25. The van der Waals surface area contributed by atoms with E-state index in [2.05, 4.69) is 41.9 Å². The molecular weight excluding hydrogens is 380 g/mol. The summed E-state index contributed by atoms with van der Waals surface area (Å²) < 4.78 is 0. The predicted octanol–water partition coefficient (Wildman–Crippen LogP) is 6.07. The molecule has 0 saturated heterocycles.